The molecule has 0 unspecified atom stereocenters. The lowest BCUT2D eigenvalue weighted by Crippen LogP contribution is -2.27. The molecule has 4 heteroatoms. The molecule has 0 atom stereocenters. The third-order valence-electron chi connectivity index (χ3n) is 2.17. The van der Waals surface area contributed by atoms with E-state index in [0.29, 0.717) is 5.91 Å². The average molecular weight is 202 g/mol. The Labute approximate surface area is 84.2 Å². The maximum absolute atomic E-state index is 11.5. The number of carbonyl (C=O) groups excluding carboxylic acids is 1. The van der Waals surface area contributed by atoms with Crippen LogP contribution in [0.5, 0.6) is 0 Å². The van der Waals surface area contributed by atoms with Crippen LogP contribution in [-0.2, 0) is 4.79 Å². The molecular weight excluding hydrogens is 184 g/mol. The highest BCUT2D eigenvalue weighted by molar-refractivity contribution is 7.99. The Morgan fingerprint density at radius 1 is 1.54 bits per heavy atom. The molecule has 0 saturated carbocycles. The van der Waals surface area contributed by atoms with Crippen molar-refractivity contribution in [3.05, 3.63) is 0 Å². The van der Waals surface area contributed by atoms with E-state index in [2.05, 4.69) is 5.32 Å². The molecular formula is C9H18N2OS. The van der Waals surface area contributed by atoms with Gasteiger partial charge in [-0.25, -0.2) is 0 Å². The standard InChI is InChI=1S/C9H18N2OS/c1-10-5-3-2-4-9(12)11-6-7-13-8-11/h10H,2-8H2,1H3. The number of amides is 1. The summed E-state index contributed by atoms with van der Waals surface area (Å²) < 4.78 is 0. The van der Waals surface area contributed by atoms with Gasteiger partial charge >= 0.3 is 0 Å². The van der Waals surface area contributed by atoms with E-state index in [9.17, 15) is 4.79 Å². The SMILES string of the molecule is CNCCCCC(=O)N1CCSC1. The number of nitrogens with zero attached hydrogens (tertiary/aromatic N) is 1. The van der Waals surface area contributed by atoms with Crippen LogP contribution in [0.1, 0.15) is 19.3 Å². The van der Waals surface area contributed by atoms with Crippen molar-refractivity contribution in [3.8, 4) is 0 Å². The first-order chi connectivity index (χ1) is 6.34. The summed E-state index contributed by atoms with van der Waals surface area (Å²) in [6, 6.07) is 0. The predicted molar refractivity (Wildman–Crippen MR) is 56.8 cm³/mol. The molecule has 1 saturated heterocycles. The molecule has 0 spiro atoms. The van der Waals surface area contributed by atoms with E-state index in [1.165, 1.54) is 0 Å². The van der Waals surface area contributed by atoms with Gasteiger partial charge in [0.15, 0.2) is 0 Å². The van der Waals surface area contributed by atoms with Crippen molar-refractivity contribution in [2.24, 2.45) is 0 Å². The Kier molecular flexibility index (Phi) is 5.23. The lowest BCUT2D eigenvalue weighted by Gasteiger charge is -2.13. The number of hydrogen-bond donors (Lipinski definition) is 1. The third-order valence-corrected chi connectivity index (χ3v) is 3.14. The van der Waals surface area contributed by atoms with Gasteiger partial charge in [0.05, 0.1) is 5.88 Å². The Hall–Kier alpha value is -0.220. The molecule has 1 rings (SSSR count). The molecule has 76 valence electrons. The van der Waals surface area contributed by atoms with Gasteiger partial charge in [-0.05, 0) is 26.4 Å². The number of unbranched alkanes of at least 4 members (excludes halogenated alkanes) is 1. The van der Waals surface area contributed by atoms with E-state index < -0.39 is 0 Å². The summed E-state index contributed by atoms with van der Waals surface area (Å²) in [4.78, 5) is 13.5. The second-order valence-electron chi connectivity index (χ2n) is 3.26. The lowest BCUT2D eigenvalue weighted by atomic mass is 10.2. The fourth-order valence-corrected chi connectivity index (χ4v) is 2.32. The van der Waals surface area contributed by atoms with Crippen LogP contribution >= 0.6 is 11.8 Å². The van der Waals surface area contributed by atoms with Crippen molar-refractivity contribution >= 4 is 17.7 Å². The second kappa shape index (κ2) is 6.27. The maximum Gasteiger partial charge on any atom is 0.223 e. The summed E-state index contributed by atoms with van der Waals surface area (Å²) in [6.07, 6.45) is 2.84. The molecule has 0 aromatic rings. The van der Waals surface area contributed by atoms with Crippen molar-refractivity contribution in [2.75, 3.05) is 31.8 Å². The van der Waals surface area contributed by atoms with E-state index >= 15 is 0 Å². The molecule has 0 bridgehead atoms. The van der Waals surface area contributed by atoms with Gasteiger partial charge in [0.1, 0.15) is 0 Å². The molecule has 0 radical (unpaired) electrons. The fraction of sp³-hybridized carbons (Fsp3) is 0.889. The van der Waals surface area contributed by atoms with Crippen LogP contribution in [-0.4, -0.2) is 42.6 Å². The van der Waals surface area contributed by atoms with Crippen molar-refractivity contribution in [1.29, 1.82) is 0 Å². The number of thioether (sulfide) groups is 1. The van der Waals surface area contributed by atoms with E-state index in [0.717, 1.165) is 44.0 Å². The van der Waals surface area contributed by atoms with Crippen molar-refractivity contribution in [3.63, 3.8) is 0 Å². The lowest BCUT2D eigenvalue weighted by molar-refractivity contribution is -0.129. The number of hydrogen-bond acceptors (Lipinski definition) is 3. The highest BCUT2D eigenvalue weighted by Gasteiger charge is 2.16. The highest BCUT2D eigenvalue weighted by Crippen LogP contribution is 2.14. The van der Waals surface area contributed by atoms with Crippen LogP contribution in [0.25, 0.3) is 0 Å². The summed E-state index contributed by atoms with van der Waals surface area (Å²) in [5, 5.41) is 3.08. The number of carbonyl (C=O) groups is 1. The van der Waals surface area contributed by atoms with Crippen LogP contribution in [0.3, 0.4) is 0 Å². The van der Waals surface area contributed by atoms with Crippen LogP contribution in [0.4, 0.5) is 0 Å². The Morgan fingerprint density at radius 3 is 3.00 bits per heavy atom. The fourth-order valence-electron chi connectivity index (χ4n) is 1.35. The number of rotatable bonds is 5. The predicted octanol–water partition coefficient (Wildman–Crippen LogP) is 0.909. The average Bonchev–Trinajstić information content (AvgIpc) is 2.65. The Balaban J connectivity index is 2.03. The van der Waals surface area contributed by atoms with Crippen LogP contribution < -0.4 is 5.32 Å². The largest absolute Gasteiger partial charge is 0.333 e. The molecule has 13 heavy (non-hydrogen) atoms. The first-order valence-corrected chi connectivity index (χ1v) is 6.00. The molecule has 3 nitrogen and oxygen atoms in total. The maximum atomic E-state index is 11.5. The van der Waals surface area contributed by atoms with E-state index in [-0.39, 0.29) is 0 Å². The first kappa shape index (κ1) is 10.9. The zero-order valence-electron chi connectivity index (χ0n) is 8.21. The molecule has 1 heterocycles. The Morgan fingerprint density at radius 2 is 2.38 bits per heavy atom. The zero-order valence-corrected chi connectivity index (χ0v) is 9.03. The normalized spacial score (nSPS) is 16.5. The Bertz CT molecular complexity index is 158. The van der Waals surface area contributed by atoms with Gasteiger partial charge < -0.3 is 10.2 Å². The van der Waals surface area contributed by atoms with Crippen LogP contribution in [0.2, 0.25) is 0 Å². The second-order valence-corrected chi connectivity index (χ2v) is 4.33. The van der Waals surface area contributed by atoms with Crippen molar-refractivity contribution in [1.82, 2.24) is 10.2 Å². The molecule has 0 aliphatic carbocycles. The minimum absolute atomic E-state index is 0.334. The quantitative estimate of drug-likeness (QED) is 0.673. The number of nitrogens with one attached hydrogen (secondary N) is 1. The van der Waals surface area contributed by atoms with Crippen molar-refractivity contribution in [2.45, 2.75) is 19.3 Å². The third kappa shape index (κ3) is 4.00. The molecule has 0 aromatic heterocycles. The summed E-state index contributed by atoms with van der Waals surface area (Å²) in [6.45, 7) is 1.97. The molecule has 1 N–H and O–H groups in total. The smallest absolute Gasteiger partial charge is 0.223 e. The van der Waals surface area contributed by atoms with Gasteiger partial charge in [0.25, 0.3) is 0 Å². The first-order valence-electron chi connectivity index (χ1n) is 4.84. The van der Waals surface area contributed by atoms with Crippen molar-refractivity contribution < 1.29 is 4.79 Å². The van der Waals surface area contributed by atoms with Gasteiger partial charge in [-0.1, -0.05) is 0 Å². The molecule has 1 aliphatic heterocycles. The van der Waals surface area contributed by atoms with Gasteiger partial charge in [0, 0.05) is 18.7 Å². The van der Waals surface area contributed by atoms with Gasteiger partial charge in [0.2, 0.25) is 5.91 Å². The monoisotopic (exact) mass is 202 g/mol. The minimum atomic E-state index is 0.334. The van der Waals surface area contributed by atoms with E-state index in [1.807, 2.05) is 23.7 Å². The minimum Gasteiger partial charge on any atom is -0.333 e. The molecule has 0 aromatic carbocycles. The van der Waals surface area contributed by atoms with Crippen LogP contribution in [0.15, 0.2) is 0 Å². The summed E-state index contributed by atoms with van der Waals surface area (Å²) in [5.41, 5.74) is 0. The van der Waals surface area contributed by atoms with Gasteiger partial charge in [-0.15, -0.1) is 11.8 Å². The zero-order chi connectivity index (χ0) is 9.52. The van der Waals surface area contributed by atoms with Crippen LogP contribution in [0, 0.1) is 0 Å². The van der Waals surface area contributed by atoms with E-state index in [4.69, 9.17) is 0 Å². The summed E-state index contributed by atoms with van der Waals surface area (Å²) in [7, 11) is 1.94. The van der Waals surface area contributed by atoms with Gasteiger partial charge in [-0.3, -0.25) is 4.79 Å². The molecule has 1 fully saturated rings. The van der Waals surface area contributed by atoms with E-state index in [1.54, 1.807) is 0 Å². The summed E-state index contributed by atoms with van der Waals surface area (Å²) >= 11 is 1.85. The highest BCUT2D eigenvalue weighted by atomic mass is 32.2. The topological polar surface area (TPSA) is 32.3 Å². The van der Waals surface area contributed by atoms with Gasteiger partial charge in [-0.2, -0.15) is 0 Å². The summed E-state index contributed by atoms with van der Waals surface area (Å²) in [5.74, 6) is 2.36. The molecule has 1 aliphatic rings. The molecule has 1 amide bonds.